The van der Waals surface area contributed by atoms with Crippen LogP contribution in [0.3, 0.4) is 0 Å². The van der Waals surface area contributed by atoms with Crippen LogP contribution in [0.5, 0.6) is 0 Å². The molecule has 1 N–H and O–H groups in total. The molecule has 0 aliphatic rings. The molecule has 1 unspecified atom stereocenters. The zero-order valence-corrected chi connectivity index (χ0v) is 9.59. The van der Waals surface area contributed by atoms with Crippen molar-refractivity contribution >= 4 is 0 Å². The van der Waals surface area contributed by atoms with Gasteiger partial charge < -0.3 is 5.32 Å². The fourth-order valence-corrected chi connectivity index (χ4v) is 1.70. The predicted molar refractivity (Wildman–Crippen MR) is 62.5 cm³/mol. The number of unbranched alkanes of at least 4 members (excludes halogenated alkanes) is 1. The van der Waals surface area contributed by atoms with Crippen LogP contribution in [0, 0.1) is 5.82 Å². The van der Waals surface area contributed by atoms with Gasteiger partial charge in [-0.2, -0.15) is 0 Å². The van der Waals surface area contributed by atoms with Crippen molar-refractivity contribution in [3.63, 3.8) is 0 Å². The van der Waals surface area contributed by atoms with Crippen molar-refractivity contribution in [2.75, 3.05) is 7.05 Å². The summed E-state index contributed by atoms with van der Waals surface area (Å²) < 4.78 is 12.7. The number of hydrogen-bond acceptors (Lipinski definition) is 1. The average Bonchev–Trinajstić information content (AvgIpc) is 2.27. The van der Waals surface area contributed by atoms with Gasteiger partial charge in [0.25, 0.3) is 0 Å². The van der Waals surface area contributed by atoms with Gasteiger partial charge in [0, 0.05) is 6.04 Å². The maximum atomic E-state index is 12.7. The molecule has 0 saturated heterocycles. The Morgan fingerprint density at radius 2 is 1.93 bits per heavy atom. The molecule has 0 fully saturated rings. The summed E-state index contributed by atoms with van der Waals surface area (Å²) >= 11 is 0. The van der Waals surface area contributed by atoms with Crippen LogP contribution >= 0.6 is 0 Å². The molecule has 0 aliphatic carbocycles. The minimum absolute atomic E-state index is 0.159. The standard InChI is InChI=1S/C13H20FN/c1-3-4-5-13(15-2)10-11-6-8-12(14)9-7-11/h6-9,13,15H,3-5,10H2,1-2H3. The lowest BCUT2D eigenvalue weighted by molar-refractivity contribution is 0.498. The number of halogens is 1. The van der Waals surface area contributed by atoms with Crippen LogP contribution in [0.25, 0.3) is 0 Å². The first-order valence-electron chi connectivity index (χ1n) is 5.68. The molecule has 0 radical (unpaired) electrons. The molecule has 0 aliphatic heterocycles. The molecule has 0 spiro atoms. The highest BCUT2D eigenvalue weighted by Crippen LogP contribution is 2.09. The van der Waals surface area contributed by atoms with Crippen molar-refractivity contribution in [3.05, 3.63) is 35.6 Å². The van der Waals surface area contributed by atoms with E-state index in [0.717, 1.165) is 6.42 Å². The van der Waals surface area contributed by atoms with Gasteiger partial charge in [0.05, 0.1) is 0 Å². The van der Waals surface area contributed by atoms with Gasteiger partial charge in [0.15, 0.2) is 0 Å². The average molecular weight is 209 g/mol. The van der Waals surface area contributed by atoms with Gasteiger partial charge in [-0.1, -0.05) is 31.9 Å². The summed E-state index contributed by atoms with van der Waals surface area (Å²) in [5.74, 6) is -0.159. The second kappa shape index (κ2) is 6.57. The topological polar surface area (TPSA) is 12.0 Å². The maximum absolute atomic E-state index is 12.7. The Morgan fingerprint density at radius 1 is 1.27 bits per heavy atom. The lowest BCUT2D eigenvalue weighted by atomic mass is 10.0. The summed E-state index contributed by atoms with van der Waals surface area (Å²) in [7, 11) is 1.99. The van der Waals surface area contributed by atoms with Crippen LogP contribution < -0.4 is 5.32 Å². The van der Waals surface area contributed by atoms with Crippen molar-refractivity contribution in [3.8, 4) is 0 Å². The number of nitrogens with one attached hydrogen (secondary N) is 1. The van der Waals surface area contributed by atoms with Gasteiger partial charge in [-0.15, -0.1) is 0 Å². The quantitative estimate of drug-likeness (QED) is 0.759. The molecule has 1 atom stereocenters. The molecular weight excluding hydrogens is 189 g/mol. The maximum Gasteiger partial charge on any atom is 0.123 e. The van der Waals surface area contributed by atoms with Crippen LogP contribution in [0.15, 0.2) is 24.3 Å². The van der Waals surface area contributed by atoms with Crippen LogP contribution in [0.2, 0.25) is 0 Å². The molecule has 0 saturated carbocycles. The van der Waals surface area contributed by atoms with Gasteiger partial charge in [-0.25, -0.2) is 4.39 Å². The lowest BCUT2D eigenvalue weighted by Crippen LogP contribution is -2.27. The van der Waals surface area contributed by atoms with E-state index in [0.29, 0.717) is 6.04 Å². The summed E-state index contributed by atoms with van der Waals surface area (Å²) in [5.41, 5.74) is 1.20. The summed E-state index contributed by atoms with van der Waals surface area (Å²) in [4.78, 5) is 0. The van der Waals surface area contributed by atoms with Crippen LogP contribution in [-0.4, -0.2) is 13.1 Å². The van der Waals surface area contributed by atoms with Gasteiger partial charge in [-0.05, 0) is 37.6 Å². The molecule has 0 aromatic heterocycles. The largest absolute Gasteiger partial charge is 0.317 e. The fourth-order valence-electron chi connectivity index (χ4n) is 1.70. The van der Waals surface area contributed by atoms with E-state index >= 15 is 0 Å². The number of rotatable bonds is 6. The Bertz CT molecular complexity index is 268. The van der Waals surface area contributed by atoms with E-state index in [1.165, 1.54) is 37.0 Å². The van der Waals surface area contributed by atoms with Gasteiger partial charge in [0.1, 0.15) is 5.82 Å². The molecule has 0 amide bonds. The van der Waals surface area contributed by atoms with Gasteiger partial charge in [-0.3, -0.25) is 0 Å². The van der Waals surface area contributed by atoms with Crippen molar-refractivity contribution < 1.29 is 4.39 Å². The van der Waals surface area contributed by atoms with Crippen molar-refractivity contribution in [1.82, 2.24) is 5.32 Å². The first-order valence-corrected chi connectivity index (χ1v) is 5.68. The number of likely N-dealkylation sites (N-methyl/N-ethyl adjacent to an activating group) is 1. The van der Waals surface area contributed by atoms with Crippen LogP contribution in [-0.2, 0) is 6.42 Å². The van der Waals surface area contributed by atoms with E-state index < -0.39 is 0 Å². The van der Waals surface area contributed by atoms with E-state index in [9.17, 15) is 4.39 Å². The molecule has 1 aromatic carbocycles. The van der Waals surface area contributed by atoms with Crippen molar-refractivity contribution in [1.29, 1.82) is 0 Å². The Morgan fingerprint density at radius 3 is 2.47 bits per heavy atom. The molecule has 0 heterocycles. The second-order valence-electron chi connectivity index (χ2n) is 3.96. The molecule has 2 heteroatoms. The molecule has 15 heavy (non-hydrogen) atoms. The highest BCUT2D eigenvalue weighted by Gasteiger charge is 2.06. The highest BCUT2D eigenvalue weighted by molar-refractivity contribution is 5.17. The van der Waals surface area contributed by atoms with E-state index in [1.807, 2.05) is 19.2 Å². The summed E-state index contributed by atoms with van der Waals surface area (Å²) in [5, 5.41) is 3.31. The van der Waals surface area contributed by atoms with Gasteiger partial charge >= 0.3 is 0 Å². The highest BCUT2D eigenvalue weighted by atomic mass is 19.1. The molecular formula is C13H20FN. The van der Waals surface area contributed by atoms with E-state index in [4.69, 9.17) is 0 Å². The van der Waals surface area contributed by atoms with Crippen LogP contribution in [0.4, 0.5) is 4.39 Å². The predicted octanol–water partition coefficient (Wildman–Crippen LogP) is 3.15. The Kier molecular flexibility index (Phi) is 5.33. The Labute approximate surface area is 91.7 Å². The Hall–Kier alpha value is -0.890. The van der Waals surface area contributed by atoms with E-state index in [1.54, 1.807) is 0 Å². The number of hydrogen-bond donors (Lipinski definition) is 1. The van der Waals surface area contributed by atoms with Crippen molar-refractivity contribution in [2.45, 2.75) is 38.6 Å². The third-order valence-corrected chi connectivity index (χ3v) is 2.71. The zero-order valence-electron chi connectivity index (χ0n) is 9.59. The Balaban J connectivity index is 2.47. The van der Waals surface area contributed by atoms with Crippen molar-refractivity contribution in [2.24, 2.45) is 0 Å². The molecule has 1 rings (SSSR count). The molecule has 1 aromatic rings. The summed E-state index contributed by atoms with van der Waals surface area (Å²) in [6.07, 6.45) is 4.63. The van der Waals surface area contributed by atoms with Crippen LogP contribution in [0.1, 0.15) is 31.7 Å². The molecule has 84 valence electrons. The molecule has 0 bridgehead atoms. The summed E-state index contributed by atoms with van der Waals surface area (Å²) in [6, 6.07) is 7.30. The first kappa shape index (κ1) is 12.2. The van der Waals surface area contributed by atoms with E-state index in [2.05, 4.69) is 12.2 Å². The third kappa shape index (κ3) is 4.43. The lowest BCUT2D eigenvalue weighted by Gasteiger charge is -2.15. The smallest absolute Gasteiger partial charge is 0.123 e. The van der Waals surface area contributed by atoms with Gasteiger partial charge in [0.2, 0.25) is 0 Å². The second-order valence-corrected chi connectivity index (χ2v) is 3.96. The normalized spacial score (nSPS) is 12.7. The molecule has 1 nitrogen and oxygen atoms in total. The number of benzene rings is 1. The minimum atomic E-state index is -0.159. The zero-order chi connectivity index (χ0) is 11.1. The third-order valence-electron chi connectivity index (χ3n) is 2.71. The monoisotopic (exact) mass is 209 g/mol. The fraction of sp³-hybridized carbons (Fsp3) is 0.538. The minimum Gasteiger partial charge on any atom is -0.317 e. The van der Waals surface area contributed by atoms with E-state index in [-0.39, 0.29) is 5.82 Å². The summed E-state index contributed by atoms with van der Waals surface area (Å²) in [6.45, 7) is 2.20. The SMILES string of the molecule is CCCCC(Cc1ccc(F)cc1)NC. The first-order chi connectivity index (χ1) is 7.26.